The van der Waals surface area contributed by atoms with Crippen molar-refractivity contribution in [2.45, 2.75) is 52.6 Å². The molecule has 0 aliphatic carbocycles. The van der Waals surface area contributed by atoms with E-state index in [1.54, 1.807) is 12.1 Å². The SMILES string of the molecule is C[Si](C)O[C@]1(CO)C[C@H](C(C)(C)C)CN1C(=O)OCc1ccc([N+](=O)[O-])cc1. The van der Waals surface area contributed by atoms with Crippen LogP contribution in [0.5, 0.6) is 0 Å². The van der Waals surface area contributed by atoms with Crippen LogP contribution in [0, 0.1) is 21.4 Å². The minimum atomic E-state index is -1.17. The van der Waals surface area contributed by atoms with E-state index in [9.17, 15) is 20.0 Å². The highest BCUT2D eigenvalue weighted by atomic mass is 28.3. The maximum atomic E-state index is 12.8. The summed E-state index contributed by atoms with van der Waals surface area (Å²) in [6.45, 7) is 10.4. The minimum absolute atomic E-state index is 0.00885. The van der Waals surface area contributed by atoms with Gasteiger partial charge in [-0.1, -0.05) is 20.8 Å². The van der Waals surface area contributed by atoms with Crippen LogP contribution in [0.1, 0.15) is 32.8 Å². The van der Waals surface area contributed by atoms with Gasteiger partial charge in [0.1, 0.15) is 6.61 Å². The summed E-state index contributed by atoms with van der Waals surface area (Å²) in [5.74, 6) is 0.160. The summed E-state index contributed by atoms with van der Waals surface area (Å²) in [6.07, 6.45) is -0.00226. The average Bonchev–Trinajstić information content (AvgIpc) is 2.99. The number of nitro groups is 1. The van der Waals surface area contributed by atoms with Crippen molar-refractivity contribution < 1.29 is 24.0 Å². The lowest BCUT2D eigenvalue weighted by Gasteiger charge is -2.37. The van der Waals surface area contributed by atoms with Crippen molar-refractivity contribution in [2.75, 3.05) is 13.2 Å². The number of aliphatic hydroxyl groups is 1. The van der Waals surface area contributed by atoms with Gasteiger partial charge in [0.25, 0.3) is 5.69 Å². The van der Waals surface area contributed by atoms with Crippen LogP contribution in [0.3, 0.4) is 0 Å². The van der Waals surface area contributed by atoms with Gasteiger partial charge in [-0.3, -0.25) is 15.0 Å². The largest absolute Gasteiger partial charge is 0.444 e. The van der Waals surface area contributed by atoms with E-state index in [-0.39, 0.29) is 30.2 Å². The number of carbonyl (C=O) groups is 1. The van der Waals surface area contributed by atoms with Gasteiger partial charge in [0.05, 0.1) is 11.5 Å². The zero-order valence-electron chi connectivity index (χ0n) is 17.1. The summed E-state index contributed by atoms with van der Waals surface area (Å²) in [5.41, 5.74) is -0.485. The molecule has 0 aromatic heterocycles. The van der Waals surface area contributed by atoms with Crippen molar-refractivity contribution >= 4 is 20.8 Å². The number of carbonyl (C=O) groups excluding carboxylic acids is 1. The first-order valence-corrected chi connectivity index (χ1v) is 11.7. The van der Waals surface area contributed by atoms with Gasteiger partial charge in [-0.05, 0) is 42.1 Å². The predicted molar refractivity (Wildman–Crippen MR) is 106 cm³/mol. The summed E-state index contributed by atoms with van der Waals surface area (Å²) in [6, 6.07) is 5.86. The van der Waals surface area contributed by atoms with Gasteiger partial charge in [0.15, 0.2) is 5.72 Å². The number of likely N-dealkylation sites (tertiary alicyclic amines) is 1. The number of nitrogens with zero attached hydrogens (tertiary/aromatic N) is 2. The smallest absolute Gasteiger partial charge is 0.412 e. The van der Waals surface area contributed by atoms with Crippen molar-refractivity contribution in [1.82, 2.24) is 4.90 Å². The highest BCUT2D eigenvalue weighted by molar-refractivity contribution is 6.48. The highest BCUT2D eigenvalue weighted by Crippen LogP contribution is 2.43. The number of nitro benzene ring substituents is 1. The Morgan fingerprint density at radius 2 is 1.96 bits per heavy atom. The third kappa shape index (κ3) is 5.09. The summed E-state index contributed by atoms with van der Waals surface area (Å²) < 4.78 is 11.6. The van der Waals surface area contributed by atoms with Crippen LogP contribution in [0.4, 0.5) is 10.5 Å². The van der Waals surface area contributed by atoms with Crippen molar-refractivity contribution in [3.63, 3.8) is 0 Å². The second kappa shape index (κ2) is 8.58. The summed E-state index contributed by atoms with van der Waals surface area (Å²) in [7, 11) is -1.17. The molecule has 2 rings (SSSR count). The third-order valence-corrected chi connectivity index (χ3v) is 5.84. The molecule has 155 valence electrons. The molecule has 1 radical (unpaired) electrons. The molecule has 8 nitrogen and oxygen atoms in total. The molecule has 1 aliphatic rings. The fourth-order valence-electron chi connectivity index (χ4n) is 3.36. The van der Waals surface area contributed by atoms with Crippen LogP contribution in [-0.4, -0.2) is 48.9 Å². The maximum absolute atomic E-state index is 12.8. The molecule has 1 saturated heterocycles. The Morgan fingerprint density at radius 1 is 1.36 bits per heavy atom. The van der Waals surface area contributed by atoms with Crippen LogP contribution in [-0.2, 0) is 15.8 Å². The number of amides is 1. The summed E-state index contributed by atoms with van der Waals surface area (Å²) in [5, 5.41) is 20.8. The van der Waals surface area contributed by atoms with Gasteiger partial charge in [0, 0.05) is 25.1 Å². The Balaban J connectivity index is 2.14. The Labute approximate surface area is 167 Å². The van der Waals surface area contributed by atoms with Crippen LogP contribution >= 0.6 is 0 Å². The van der Waals surface area contributed by atoms with E-state index in [2.05, 4.69) is 20.8 Å². The van der Waals surface area contributed by atoms with E-state index >= 15 is 0 Å². The van der Waals surface area contributed by atoms with Crippen molar-refractivity contribution in [3.05, 3.63) is 39.9 Å². The quantitative estimate of drug-likeness (QED) is 0.438. The number of ether oxygens (including phenoxy) is 1. The lowest BCUT2D eigenvalue weighted by atomic mass is 9.79. The number of aliphatic hydroxyl groups excluding tert-OH is 1. The van der Waals surface area contributed by atoms with E-state index in [1.165, 1.54) is 17.0 Å². The molecular formula is C19H29N2O6Si. The minimum Gasteiger partial charge on any atom is -0.444 e. The fraction of sp³-hybridized carbons (Fsp3) is 0.632. The zero-order chi connectivity index (χ0) is 21.1. The second-order valence-electron chi connectivity index (χ2n) is 8.47. The molecule has 1 amide bonds. The van der Waals surface area contributed by atoms with Crippen molar-refractivity contribution in [3.8, 4) is 0 Å². The molecule has 9 heteroatoms. The van der Waals surface area contributed by atoms with Crippen molar-refractivity contribution in [2.24, 2.45) is 11.3 Å². The zero-order valence-corrected chi connectivity index (χ0v) is 18.1. The average molecular weight is 410 g/mol. The molecule has 1 aromatic carbocycles. The van der Waals surface area contributed by atoms with Gasteiger partial charge < -0.3 is 14.3 Å². The number of hydrogen-bond acceptors (Lipinski definition) is 6. The number of hydrogen-bond donors (Lipinski definition) is 1. The highest BCUT2D eigenvalue weighted by Gasteiger charge is 2.52. The van der Waals surface area contributed by atoms with Crippen LogP contribution in [0.15, 0.2) is 24.3 Å². The van der Waals surface area contributed by atoms with Crippen LogP contribution < -0.4 is 0 Å². The van der Waals surface area contributed by atoms with Crippen LogP contribution in [0.2, 0.25) is 13.1 Å². The third-order valence-electron chi connectivity index (χ3n) is 5.06. The number of non-ortho nitro benzene ring substituents is 1. The summed E-state index contributed by atoms with van der Waals surface area (Å²) >= 11 is 0. The molecule has 2 atom stereocenters. The molecule has 1 aliphatic heterocycles. The van der Waals surface area contributed by atoms with E-state index < -0.39 is 25.8 Å². The Bertz CT molecular complexity index is 703. The number of rotatable bonds is 6. The first kappa shape index (κ1) is 22.3. The summed E-state index contributed by atoms with van der Waals surface area (Å²) in [4.78, 5) is 24.6. The molecular weight excluding hydrogens is 380 g/mol. The molecule has 0 unspecified atom stereocenters. The predicted octanol–water partition coefficient (Wildman–Crippen LogP) is 3.56. The van der Waals surface area contributed by atoms with Crippen LogP contribution in [0.25, 0.3) is 0 Å². The van der Waals surface area contributed by atoms with E-state index in [0.29, 0.717) is 18.5 Å². The van der Waals surface area contributed by atoms with E-state index in [0.717, 1.165) is 0 Å². The molecule has 1 heterocycles. The lowest BCUT2D eigenvalue weighted by molar-refractivity contribution is -0.384. The first-order chi connectivity index (χ1) is 13.0. The van der Waals surface area contributed by atoms with Gasteiger partial charge in [0.2, 0.25) is 9.04 Å². The van der Waals surface area contributed by atoms with Gasteiger partial charge in [-0.25, -0.2) is 4.79 Å². The standard InChI is InChI=1S/C19H29N2O6Si/c1-18(2,3)15-10-19(13-22,27-28(4)5)20(11-15)17(23)26-12-14-6-8-16(9-7-14)21(24)25/h6-9,15,22H,10-13H2,1-5H3/t15-,19-/m0/s1. The molecule has 1 fully saturated rings. The van der Waals surface area contributed by atoms with Crippen molar-refractivity contribution in [1.29, 1.82) is 0 Å². The Hall–Kier alpha value is -1.97. The van der Waals surface area contributed by atoms with Gasteiger partial charge >= 0.3 is 6.09 Å². The molecule has 0 saturated carbocycles. The molecule has 0 bridgehead atoms. The maximum Gasteiger partial charge on any atom is 0.412 e. The topological polar surface area (TPSA) is 102 Å². The lowest BCUT2D eigenvalue weighted by Crippen LogP contribution is -2.54. The molecule has 1 aromatic rings. The van der Waals surface area contributed by atoms with Gasteiger partial charge in [-0.2, -0.15) is 0 Å². The fourth-order valence-corrected chi connectivity index (χ4v) is 4.38. The van der Waals surface area contributed by atoms with Gasteiger partial charge in [-0.15, -0.1) is 0 Å². The molecule has 1 N–H and O–H groups in total. The molecule has 28 heavy (non-hydrogen) atoms. The Kier molecular flexibility index (Phi) is 6.84. The van der Waals surface area contributed by atoms with E-state index in [4.69, 9.17) is 9.16 Å². The number of benzene rings is 1. The Morgan fingerprint density at radius 3 is 2.43 bits per heavy atom. The monoisotopic (exact) mass is 409 g/mol. The first-order valence-electron chi connectivity index (χ1n) is 9.26. The normalized spacial score (nSPS) is 22.5. The second-order valence-corrected chi connectivity index (χ2v) is 10.5. The van der Waals surface area contributed by atoms with E-state index in [1.807, 2.05) is 13.1 Å². The molecule has 0 spiro atoms.